The maximum atomic E-state index is 14.7. The monoisotopic (exact) mass is 423 g/mol. The summed E-state index contributed by atoms with van der Waals surface area (Å²) in [6.07, 6.45) is 7.25. The van der Waals surface area contributed by atoms with Crippen LogP contribution in [0.4, 0.5) is 8.78 Å². The van der Waals surface area contributed by atoms with E-state index < -0.39 is 11.6 Å². The SMILES string of the molecule is O=C(NC12CC3CC4CC1CC432)c1c2c(nn1-c1ccc(F)cc1F)C1CCC(C2)O1. The smallest absolute Gasteiger partial charge is 0.270 e. The molecule has 5 aliphatic carbocycles. The predicted octanol–water partition coefficient (Wildman–Crippen LogP) is 3.85. The van der Waals surface area contributed by atoms with Gasteiger partial charge in [-0.2, -0.15) is 5.10 Å². The molecule has 1 aromatic heterocycles. The van der Waals surface area contributed by atoms with Gasteiger partial charge in [0, 0.05) is 23.6 Å². The molecule has 5 nitrogen and oxygen atoms in total. The minimum atomic E-state index is -0.719. The maximum absolute atomic E-state index is 14.7. The van der Waals surface area contributed by atoms with Crippen molar-refractivity contribution in [3.8, 4) is 5.69 Å². The number of hydrogen-bond donors (Lipinski definition) is 1. The molecule has 7 unspecified atom stereocenters. The van der Waals surface area contributed by atoms with Crippen LogP contribution < -0.4 is 5.32 Å². The van der Waals surface area contributed by atoms with Gasteiger partial charge in [-0.15, -0.1) is 0 Å². The minimum absolute atomic E-state index is 0.0643. The third-order valence-electron chi connectivity index (χ3n) is 9.82. The maximum Gasteiger partial charge on any atom is 0.270 e. The highest BCUT2D eigenvalue weighted by Gasteiger charge is 2.87. The number of aromatic nitrogens is 2. The van der Waals surface area contributed by atoms with Crippen LogP contribution in [0.5, 0.6) is 0 Å². The number of nitrogens with one attached hydrogen (secondary N) is 1. The average molecular weight is 423 g/mol. The second-order valence-corrected chi connectivity index (χ2v) is 10.7. The number of carbonyl (C=O) groups excluding carboxylic acids is 1. The number of amides is 1. The van der Waals surface area contributed by atoms with Crippen molar-refractivity contribution < 1.29 is 18.3 Å². The van der Waals surface area contributed by atoms with Crippen molar-refractivity contribution in [2.45, 2.75) is 62.7 Å². The van der Waals surface area contributed by atoms with Crippen molar-refractivity contribution in [2.24, 2.45) is 23.2 Å². The molecule has 6 fully saturated rings. The zero-order chi connectivity index (χ0) is 20.7. The van der Waals surface area contributed by atoms with Crippen molar-refractivity contribution in [1.82, 2.24) is 15.1 Å². The largest absolute Gasteiger partial charge is 0.368 e. The number of fused-ring (bicyclic) bond motifs is 4. The van der Waals surface area contributed by atoms with E-state index >= 15 is 0 Å². The van der Waals surface area contributed by atoms with Gasteiger partial charge in [-0.25, -0.2) is 13.5 Å². The lowest BCUT2D eigenvalue weighted by molar-refractivity contribution is -0.253. The predicted molar refractivity (Wildman–Crippen MR) is 106 cm³/mol. The van der Waals surface area contributed by atoms with Gasteiger partial charge >= 0.3 is 0 Å². The van der Waals surface area contributed by atoms with E-state index in [4.69, 9.17) is 4.74 Å². The third-order valence-corrected chi connectivity index (χ3v) is 9.82. The van der Waals surface area contributed by atoms with Gasteiger partial charge in [0.2, 0.25) is 0 Å². The summed E-state index contributed by atoms with van der Waals surface area (Å²) in [5, 5.41) is 8.12. The number of carbonyl (C=O) groups is 1. The molecule has 7 heteroatoms. The molecule has 1 saturated heterocycles. The van der Waals surface area contributed by atoms with E-state index in [0.29, 0.717) is 23.4 Å². The molecule has 5 saturated carbocycles. The Morgan fingerprint density at radius 1 is 1.16 bits per heavy atom. The Labute approximate surface area is 178 Å². The fourth-order valence-corrected chi connectivity index (χ4v) is 8.63. The van der Waals surface area contributed by atoms with Gasteiger partial charge in [0.25, 0.3) is 5.91 Å². The van der Waals surface area contributed by atoms with Crippen molar-refractivity contribution >= 4 is 5.91 Å². The highest BCUT2D eigenvalue weighted by atomic mass is 19.1. The molecule has 3 heterocycles. The molecule has 1 N–H and O–H groups in total. The topological polar surface area (TPSA) is 56.2 Å². The number of halogens is 2. The van der Waals surface area contributed by atoms with E-state index in [-0.39, 0.29) is 29.3 Å². The van der Waals surface area contributed by atoms with E-state index in [1.54, 1.807) is 0 Å². The van der Waals surface area contributed by atoms with Crippen LogP contribution in [0.1, 0.15) is 66.4 Å². The van der Waals surface area contributed by atoms with Crippen molar-refractivity contribution in [2.75, 3.05) is 0 Å². The van der Waals surface area contributed by atoms with Gasteiger partial charge in [-0.1, -0.05) is 0 Å². The summed E-state index contributed by atoms with van der Waals surface area (Å²) in [6.45, 7) is 0. The Bertz CT molecular complexity index is 1190. The van der Waals surface area contributed by atoms with Gasteiger partial charge in [-0.05, 0) is 73.8 Å². The molecule has 31 heavy (non-hydrogen) atoms. The molecule has 0 radical (unpaired) electrons. The fourth-order valence-electron chi connectivity index (χ4n) is 8.63. The molecule has 1 aromatic carbocycles. The summed E-state index contributed by atoms with van der Waals surface area (Å²) in [5.74, 6) is 0.599. The van der Waals surface area contributed by atoms with Gasteiger partial charge in [0.1, 0.15) is 23.3 Å². The first kappa shape index (κ1) is 17.3. The van der Waals surface area contributed by atoms with E-state index in [9.17, 15) is 13.6 Å². The van der Waals surface area contributed by atoms with Crippen LogP contribution in [-0.2, 0) is 11.2 Å². The molecule has 4 bridgehead atoms. The molecule has 160 valence electrons. The van der Waals surface area contributed by atoms with Crippen molar-refractivity contribution in [3.05, 3.63) is 46.8 Å². The summed E-state index contributed by atoms with van der Waals surface area (Å²) in [5.41, 5.74) is 2.41. The van der Waals surface area contributed by atoms with Crippen LogP contribution >= 0.6 is 0 Å². The Morgan fingerprint density at radius 2 is 2.03 bits per heavy atom. The molecule has 2 aromatic rings. The first-order chi connectivity index (χ1) is 15.0. The summed E-state index contributed by atoms with van der Waals surface area (Å²) >= 11 is 0. The van der Waals surface area contributed by atoms with Crippen LogP contribution in [0, 0.1) is 34.8 Å². The number of ether oxygens (including phenoxy) is 1. The number of nitrogens with zero attached hydrogens (tertiary/aromatic N) is 2. The van der Waals surface area contributed by atoms with Crippen LogP contribution in [0.3, 0.4) is 0 Å². The number of hydrogen-bond acceptors (Lipinski definition) is 3. The molecular formula is C24H23F2N3O2. The molecule has 9 rings (SSSR count). The number of benzene rings is 1. The first-order valence-corrected chi connectivity index (χ1v) is 11.6. The summed E-state index contributed by atoms with van der Waals surface area (Å²) < 4.78 is 35.7. The molecule has 7 atom stereocenters. The Hall–Kier alpha value is -2.28. The van der Waals surface area contributed by atoms with Gasteiger partial charge < -0.3 is 10.1 Å². The van der Waals surface area contributed by atoms with Crippen LogP contribution in [0.2, 0.25) is 0 Å². The zero-order valence-corrected chi connectivity index (χ0v) is 17.0. The Kier molecular flexibility index (Phi) is 2.90. The Balaban J connectivity index is 1.25. The number of rotatable bonds is 3. The quantitative estimate of drug-likeness (QED) is 0.816. The second kappa shape index (κ2) is 5.20. The minimum Gasteiger partial charge on any atom is -0.368 e. The first-order valence-electron chi connectivity index (χ1n) is 11.6. The van der Waals surface area contributed by atoms with Crippen LogP contribution in [0.15, 0.2) is 18.2 Å². The van der Waals surface area contributed by atoms with Crippen molar-refractivity contribution in [1.29, 1.82) is 0 Å². The average Bonchev–Trinajstić information content (AvgIpc) is 3.40. The molecule has 1 spiro atoms. The van der Waals surface area contributed by atoms with Gasteiger partial charge in [0.15, 0.2) is 5.82 Å². The normalized spacial score (nSPS) is 42.2. The van der Waals surface area contributed by atoms with E-state index in [1.165, 1.54) is 36.1 Å². The lowest BCUT2D eigenvalue weighted by Gasteiger charge is -2.78. The second-order valence-electron chi connectivity index (χ2n) is 10.7. The zero-order valence-electron chi connectivity index (χ0n) is 17.0. The molecular weight excluding hydrogens is 400 g/mol. The molecule has 1 amide bonds. The lowest BCUT2D eigenvalue weighted by atomic mass is 9.29. The highest BCUT2D eigenvalue weighted by Crippen LogP contribution is 2.87. The van der Waals surface area contributed by atoms with E-state index in [0.717, 1.165) is 48.4 Å². The van der Waals surface area contributed by atoms with Crippen molar-refractivity contribution in [3.63, 3.8) is 0 Å². The highest BCUT2D eigenvalue weighted by molar-refractivity contribution is 5.96. The Morgan fingerprint density at radius 3 is 2.84 bits per heavy atom. The van der Waals surface area contributed by atoms with Crippen LogP contribution in [0.25, 0.3) is 5.69 Å². The summed E-state index contributed by atoms with van der Waals surface area (Å²) in [4.78, 5) is 13.8. The molecule has 7 aliphatic rings. The summed E-state index contributed by atoms with van der Waals surface area (Å²) in [6, 6.07) is 3.42. The summed E-state index contributed by atoms with van der Waals surface area (Å²) in [7, 11) is 0. The lowest BCUT2D eigenvalue weighted by Crippen LogP contribution is -2.83. The van der Waals surface area contributed by atoms with Crippen LogP contribution in [-0.4, -0.2) is 27.3 Å². The fraction of sp³-hybridized carbons (Fsp3) is 0.583. The van der Waals surface area contributed by atoms with E-state index in [1.807, 2.05) is 0 Å². The third kappa shape index (κ3) is 1.77. The van der Waals surface area contributed by atoms with Gasteiger partial charge in [0.05, 0.1) is 11.8 Å². The van der Waals surface area contributed by atoms with E-state index in [2.05, 4.69) is 10.4 Å². The standard InChI is InChI=1S/C24H23F2N3O2/c25-14-1-3-18(17(26)7-14)29-21(16-8-15-2-4-19(31-15)20(16)28-29)22(30)27-24-10-12-5-11-6-13(24)9-23(11,12)24/h1,3,7,11-13,15,19H,2,4-6,8-10H2,(H,27,30). The molecule has 2 aliphatic heterocycles. The van der Waals surface area contributed by atoms with Gasteiger partial charge in [-0.3, -0.25) is 4.79 Å².